The van der Waals surface area contributed by atoms with Crippen molar-refractivity contribution < 1.29 is 19.1 Å². The van der Waals surface area contributed by atoms with Crippen molar-refractivity contribution in [2.24, 2.45) is 35.5 Å². The van der Waals surface area contributed by atoms with Gasteiger partial charge in [-0.2, -0.15) is 0 Å². The van der Waals surface area contributed by atoms with Gasteiger partial charge in [0.2, 0.25) is 11.8 Å². The molecule has 0 spiro atoms. The molecule has 4 aliphatic carbocycles. The van der Waals surface area contributed by atoms with Gasteiger partial charge in [-0.05, 0) is 47.8 Å². The van der Waals surface area contributed by atoms with E-state index in [2.05, 4.69) is 12.2 Å². The Labute approximate surface area is 174 Å². The molecule has 2 aromatic carbocycles. The van der Waals surface area contributed by atoms with E-state index in [1.54, 1.807) is 24.3 Å². The largest absolute Gasteiger partial charge is 0.426 e. The van der Waals surface area contributed by atoms with Crippen LogP contribution in [0.4, 0.5) is 5.69 Å². The van der Waals surface area contributed by atoms with Gasteiger partial charge in [-0.3, -0.25) is 14.4 Å². The Balaban J connectivity index is 1.23. The monoisotopic (exact) mass is 399 g/mol. The fourth-order valence-electron chi connectivity index (χ4n) is 5.83. The van der Waals surface area contributed by atoms with Crippen molar-refractivity contribution in [1.82, 2.24) is 0 Å². The molecule has 2 saturated carbocycles. The second-order valence-electron chi connectivity index (χ2n) is 8.80. The van der Waals surface area contributed by atoms with Gasteiger partial charge in [0.1, 0.15) is 5.75 Å². The molecule has 2 amide bonds. The summed E-state index contributed by atoms with van der Waals surface area (Å²) in [5.41, 5.74) is 1.35. The third-order valence-corrected chi connectivity index (χ3v) is 7.16. The number of benzene rings is 2. The Morgan fingerprint density at radius 3 is 2.23 bits per heavy atom. The summed E-state index contributed by atoms with van der Waals surface area (Å²) in [5.74, 6) is 0.801. The molecular formula is C25H21NO4. The molecule has 1 saturated heterocycles. The van der Waals surface area contributed by atoms with Crippen molar-refractivity contribution in [3.63, 3.8) is 0 Å². The van der Waals surface area contributed by atoms with Crippen molar-refractivity contribution in [2.75, 3.05) is 4.90 Å². The molecule has 5 heteroatoms. The molecule has 5 aliphatic rings. The van der Waals surface area contributed by atoms with Crippen LogP contribution in [0.2, 0.25) is 0 Å². The summed E-state index contributed by atoms with van der Waals surface area (Å²) in [6, 6.07) is 16.1. The first-order chi connectivity index (χ1) is 14.6. The van der Waals surface area contributed by atoms with E-state index in [1.165, 1.54) is 4.90 Å². The second kappa shape index (κ2) is 6.39. The first kappa shape index (κ1) is 17.6. The van der Waals surface area contributed by atoms with Gasteiger partial charge >= 0.3 is 5.97 Å². The van der Waals surface area contributed by atoms with Crippen LogP contribution in [0.3, 0.4) is 0 Å². The van der Waals surface area contributed by atoms with Gasteiger partial charge in [-0.25, -0.2) is 4.90 Å². The first-order valence-corrected chi connectivity index (χ1v) is 10.5. The summed E-state index contributed by atoms with van der Waals surface area (Å²) in [4.78, 5) is 40.1. The van der Waals surface area contributed by atoms with Gasteiger partial charge in [0, 0.05) is 6.07 Å². The maximum absolute atomic E-state index is 13.2. The number of imide groups is 1. The average molecular weight is 399 g/mol. The second-order valence-corrected chi connectivity index (χ2v) is 8.80. The molecule has 5 nitrogen and oxygen atoms in total. The topological polar surface area (TPSA) is 63.7 Å². The third-order valence-electron chi connectivity index (χ3n) is 7.16. The molecule has 1 aliphatic heterocycles. The molecule has 7 rings (SSSR count). The molecule has 3 fully saturated rings. The summed E-state index contributed by atoms with van der Waals surface area (Å²) in [6.45, 7) is 0. The molecule has 30 heavy (non-hydrogen) atoms. The number of allylic oxidation sites excluding steroid dienone is 2. The summed E-state index contributed by atoms with van der Waals surface area (Å²) >= 11 is 0. The number of hydrogen-bond donors (Lipinski definition) is 0. The fourth-order valence-corrected chi connectivity index (χ4v) is 5.83. The van der Waals surface area contributed by atoms with E-state index in [9.17, 15) is 14.4 Å². The minimum absolute atomic E-state index is 0.109. The molecule has 2 bridgehead atoms. The van der Waals surface area contributed by atoms with Crippen molar-refractivity contribution in [3.05, 3.63) is 72.3 Å². The zero-order valence-electron chi connectivity index (χ0n) is 16.3. The lowest BCUT2D eigenvalue weighted by Crippen LogP contribution is -2.40. The number of amides is 2. The standard InChI is InChI=1S/C25H21NO4/c27-21(11-14-5-2-1-3-6-14)30-16-8-4-7-15(12-16)26-24(28)22-17-9-10-18(20-13-19(17)20)23(22)25(26)29/h1-10,12,17-20,22-23H,11,13H2/t17-,18-,19-,20+,22-,23+/m0/s1. The highest BCUT2D eigenvalue weighted by Crippen LogP contribution is 2.65. The summed E-state index contributed by atoms with van der Waals surface area (Å²) in [5, 5.41) is 0. The molecule has 150 valence electrons. The first-order valence-electron chi connectivity index (χ1n) is 10.5. The van der Waals surface area contributed by atoms with Crippen LogP contribution in [-0.4, -0.2) is 17.8 Å². The highest BCUT2D eigenvalue weighted by atomic mass is 16.5. The number of carbonyl (C=O) groups is 3. The molecular weight excluding hydrogens is 378 g/mol. The van der Waals surface area contributed by atoms with E-state index in [0.717, 1.165) is 12.0 Å². The average Bonchev–Trinajstić information content (AvgIpc) is 3.52. The van der Waals surface area contributed by atoms with Gasteiger partial charge < -0.3 is 4.74 Å². The zero-order valence-corrected chi connectivity index (χ0v) is 16.3. The smallest absolute Gasteiger partial charge is 0.315 e. The van der Waals surface area contributed by atoms with E-state index in [-0.39, 0.29) is 47.9 Å². The number of nitrogens with zero attached hydrogens (tertiary/aromatic N) is 1. The molecule has 0 N–H and O–H groups in total. The van der Waals surface area contributed by atoms with E-state index in [0.29, 0.717) is 23.3 Å². The predicted octanol–water partition coefficient (Wildman–Crippen LogP) is 3.39. The Kier molecular flexibility index (Phi) is 3.76. The lowest BCUT2D eigenvalue weighted by Gasteiger charge is -2.37. The lowest BCUT2D eigenvalue weighted by atomic mass is 9.63. The van der Waals surface area contributed by atoms with Crippen LogP contribution in [0.15, 0.2) is 66.7 Å². The van der Waals surface area contributed by atoms with Crippen LogP contribution in [0, 0.1) is 35.5 Å². The van der Waals surface area contributed by atoms with E-state index < -0.39 is 0 Å². The quantitative estimate of drug-likeness (QED) is 0.342. The normalized spacial score (nSPS) is 32.7. The summed E-state index contributed by atoms with van der Waals surface area (Å²) < 4.78 is 5.49. The predicted molar refractivity (Wildman–Crippen MR) is 109 cm³/mol. The molecule has 0 unspecified atom stereocenters. The van der Waals surface area contributed by atoms with Gasteiger partial charge in [-0.1, -0.05) is 48.6 Å². The highest BCUT2D eigenvalue weighted by Gasteiger charge is 2.67. The summed E-state index contributed by atoms with van der Waals surface area (Å²) in [7, 11) is 0. The number of esters is 1. The SMILES string of the molecule is O=C(Cc1ccccc1)Oc1cccc(N2C(=O)[C@@H]3[C@H]4C=C[C@@H]([C@@H]5C[C@H]45)[C@@H]3C2=O)c1. The maximum Gasteiger partial charge on any atom is 0.315 e. The zero-order chi connectivity index (χ0) is 20.4. The van der Waals surface area contributed by atoms with E-state index >= 15 is 0 Å². The van der Waals surface area contributed by atoms with Crippen LogP contribution in [0.5, 0.6) is 5.75 Å². The van der Waals surface area contributed by atoms with Crippen molar-refractivity contribution in [1.29, 1.82) is 0 Å². The Morgan fingerprint density at radius 1 is 0.900 bits per heavy atom. The van der Waals surface area contributed by atoms with Gasteiger partial charge in [0.25, 0.3) is 0 Å². The Hall–Kier alpha value is -3.21. The van der Waals surface area contributed by atoms with Crippen LogP contribution < -0.4 is 9.64 Å². The van der Waals surface area contributed by atoms with Crippen LogP contribution in [-0.2, 0) is 20.8 Å². The van der Waals surface area contributed by atoms with Crippen LogP contribution in [0.25, 0.3) is 0 Å². The molecule has 1 heterocycles. The maximum atomic E-state index is 13.2. The van der Waals surface area contributed by atoms with Gasteiger partial charge in [-0.15, -0.1) is 0 Å². The van der Waals surface area contributed by atoms with E-state index in [1.807, 2.05) is 30.3 Å². The Morgan fingerprint density at radius 2 is 1.57 bits per heavy atom. The highest BCUT2D eigenvalue weighted by molar-refractivity contribution is 6.22. The molecule has 0 radical (unpaired) electrons. The lowest BCUT2D eigenvalue weighted by molar-refractivity contribution is -0.133. The molecule has 0 aromatic heterocycles. The molecule has 6 atom stereocenters. The van der Waals surface area contributed by atoms with Crippen molar-refractivity contribution >= 4 is 23.5 Å². The minimum atomic E-state index is -0.381. The molecule has 2 aromatic rings. The van der Waals surface area contributed by atoms with Crippen LogP contribution >= 0.6 is 0 Å². The van der Waals surface area contributed by atoms with E-state index in [4.69, 9.17) is 4.74 Å². The Bertz CT molecular complexity index is 1060. The van der Waals surface area contributed by atoms with Gasteiger partial charge in [0.15, 0.2) is 0 Å². The number of hydrogen-bond acceptors (Lipinski definition) is 4. The fraction of sp³-hybridized carbons (Fsp3) is 0.320. The minimum Gasteiger partial charge on any atom is -0.426 e. The van der Waals surface area contributed by atoms with Crippen LogP contribution in [0.1, 0.15) is 12.0 Å². The number of rotatable bonds is 4. The van der Waals surface area contributed by atoms with Crippen molar-refractivity contribution in [3.8, 4) is 5.75 Å². The number of carbonyl (C=O) groups excluding carboxylic acids is 3. The number of ether oxygens (including phenoxy) is 1. The van der Waals surface area contributed by atoms with Gasteiger partial charge in [0.05, 0.1) is 23.9 Å². The number of anilines is 1. The van der Waals surface area contributed by atoms with Crippen molar-refractivity contribution in [2.45, 2.75) is 12.8 Å². The summed E-state index contributed by atoms with van der Waals surface area (Å²) in [6.07, 6.45) is 5.63. The third kappa shape index (κ3) is 2.58.